The minimum absolute atomic E-state index is 0.0588. The number of benzene rings is 3. The van der Waals surface area contributed by atoms with E-state index in [1.54, 1.807) is 6.07 Å². The number of nitrogens with one attached hydrogen (secondary N) is 3. The van der Waals surface area contributed by atoms with Gasteiger partial charge in [-0.25, -0.2) is 4.79 Å². The average Bonchev–Trinajstić information content (AvgIpc) is 2.89. The third-order valence-corrected chi connectivity index (χ3v) is 6.74. The van der Waals surface area contributed by atoms with Crippen LogP contribution in [0.4, 0.5) is 18.9 Å². The lowest BCUT2D eigenvalue weighted by atomic mass is 9.90. The van der Waals surface area contributed by atoms with Crippen molar-refractivity contribution < 1.29 is 32.7 Å². The van der Waals surface area contributed by atoms with Crippen LogP contribution in [0.5, 0.6) is 0 Å². The zero-order valence-corrected chi connectivity index (χ0v) is 22.0. The van der Waals surface area contributed by atoms with Gasteiger partial charge in [0.2, 0.25) is 5.91 Å². The molecule has 1 heterocycles. The third-order valence-electron chi connectivity index (χ3n) is 6.74. The average molecular weight is 544 g/mol. The minimum atomic E-state index is -5.08. The lowest BCUT2D eigenvalue weighted by molar-refractivity contribution is -0.192. The van der Waals surface area contributed by atoms with Crippen molar-refractivity contribution in [2.24, 2.45) is 0 Å². The molecule has 0 unspecified atom stereocenters. The second-order valence-electron chi connectivity index (χ2n) is 9.77. The number of aryl methyl sites for hydroxylation is 1. The normalized spacial score (nSPS) is 17.9. The predicted octanol–water partition coefficient (Wildman–Crippen LogP) is 5.74. The number of amides is 2. The summed E-state index contributed by atoms with van der Waals surface area (Å²) in [7, 11) is 0. The zero-order valence-electron chi connectivity index (χ0n) is 22.0. The van der Waals surface area contributed by atoms with Gasteiger partial charge in [0, 0.05) is 11.3 Å². The molecule has 0 aromatic heterocycles. The minimum Gasteiger partial charge on any atom is -0.475 e. The standard InChI is InChI=1S/C27H31N3O2.C2HF3O2/c1-18-13-14-21(30-26(32)27(3)15-6-7-16-28-27)17-24(18)25(31)29-19(2)22-12-8-10-20-9-4-5-11-23(20)22;3-2(4,5)1(6)7/h4-5,8-14,17,19,28H,6-7,15-16H2,1-3H3,(H,29,31)(H,30,32);(H,6,7)/t19-,27+;/m1./s1. The van der Waals surface area contributed by atoms with Crippen LogP contribution in [0.1, 0.15) is 60.6 Å². The van der Waals surface area contributed by atoms with Crippen LogP contribution in [-0.4, -0.2) is 41.2 Å². The maximum absolute atomic E-state index is 13.2. The molecule has 208 valence electrons. The van der Waals surface area contributed by atoms with Gasteiger partial charge in [0.05, 0.1) is 11.6 Å². The summed E-state index contributed by atoms with van der Waals surface area (Å²) < 4.78 is 31.7. The first-order chi connectivity index (χ1) is 18.3. The van der Waals surface area contributed by atoms with Gasteiger partial charge in [-0.2, -0.15) is 13.2 Å². The summed E-state index contributed by atoms with van der Waals surface area (Å²) in [4.78, 5) is 34.9. The largest absolute Gasteiger partial charge is 0.490 e. The van der Waals surface area contributed by atoms with Crippen LogP contribution in [0.3, 0.4) is 0 Å². The number of alkyl halides is 3. The number of carbonyl (C=O) groups is 3. The van der Waals surface area contributed by atoms with E-state index in [0.717, 1.165) is 47.7 Å². The molecule has 1 aliphatic heterocycles. The van der Waals surface area contributed by atoms with Crippen molar-refractivity contribution in [3.8, 4) is 0 Å². The number of anilines is 1. The number of carbonyl (C=O) groups excluding carboxylic acids is 2. The highest BCUT2D eigenvalue weighted by Crippen LogP contribution is 2.26. The van der Waals surface area contributed by atoms with Gasteiger partial charge >= 0.3 is 12.1 Å². The molecule has 1 fully saturated rings. The van der Waals surface area contributed by atoms with E-state index in [0.29, 0.717) is 11.3 Å². The van der Waals surface area contributed by atoms with E-state index in [-0.39, 0.29) is 17.9 Å². The van der Waals surface area contributed by atoms with Gasteiger partial charge in [-0.15, -0.1) is 0 Å². The number of fused-ring (bicyclic) bond motifs is 1. The number of hydrogen-bond acceptors (Lipinski definition) is 4. The second-order valence-corrected chi connectivity index (χ2v) is 9.77. The monoisotopic (exact) mass is 543 g/mol. The number of rotatable bonds is 5. The molecule has 1 aliphatic rings. The van der Waals surface area contributed by atoms with E-state index in [1.807, 2.05) is 51.1 Å². The molecule has 3 aromatic carbocycles. The van der Waals surface area contributed by atoms with Gasteiger partial charge in [0.15, 0.2) is 0 Å². The molecule has 0 radical (unpaired) electrons. The molecule has 7 nitrogen and oxygen atoms in total. The molecule has 39 heavy (non-hydrogen) atoms. The fourth-order valence-corrected chi connectivity index (χ4v) is 4.44. The summed E-state index contributed by atoms with van der Waals surface area (Å²) in [5.41, 5.74) is 2.57. The molecule has 0 saturated carbocycles. The van der Waals surface area contributed by atoms with E-state index in [4.69, 9.17) is 9.90 Å². The summed E-state index contributed by atoms with van der Waals surface area (Å²) in [6, 6.07) is 19.7. The summed E-state index contributed by atoms with van der Waals surface area (Å²) in [5, 5.41) is 18.9. The number of aliphatic carboxylic acids is 1. The highest BCUT2D eigenvalue weighted by atomic mass is 19.4. The Morgan fingerprint density at radius 2 is 1.69 bits per heavy atom. The smallest absolute Gasteiger partial charge is 0.475 e. The lowest BCUT2D eigenvalue weighted by Gasteiger charge is -2.33. The molecular weight excluding hydrogens is 511 g/mol. The quantitative estimate of drug-likeness (QED) is 0.328. The number of piperidine rings is 1. The van der Waals surface area contributed by atoms with Gasteiger partial charge in [0.1, 0.15) is 0 Å². The van der Waals surface area contributed by atoms with Crippen molar-refractivity contribution in [1.82, 2.24) is 10.6 Å². The third kappa shape index (κ3) is 7.57. The summed E-state index contributed by atoms with van der Waals surface area (Å²) in [5.74, 6) is -2.97. The fourth-order valence-electron chi connectivity index (χ4n) is 4.44. The van der Waals surface area contributed by atoms with E-state index in [1.165, 1.54) is 0 Å². The van der Waals surface area contributed by atoms with E-state index in [9.17, 15) is 22.8 Å². The lowest BCUT2D eigenvalue weighted by Crippen LogP contribution is -2.54. The molecule has 0 bridgehead atoms. The predicted molar refractivity (Wildman–Crippen MR) is 144 cm³/mol. The van der Waals surface area contributed by atoms with Crippen molar-refractivity contribution in [2.45, 2.75) is 57.8 Å². The molecule has 4 N–H and O–H groups in total. The maximum Gasteiger partial charge on any atom is 0.490 e. The Morgan fingerprint density at radius 3 is 2.33 bits per heavy atom. The van der Waals surface area contributed by atoms with Gasteiger partial charge < -0.3 is 21.1 Å². The molecule has 10 heteroatoms. The topological polar surface area (TPSA) is 108 Å². The Morgan fingerprint density at radius 1 is 1.03 bits per heavy atom. The van der Waals surface area contributed by atoms with Crippen LogP contribution in [0.15, 0.2) is 60.7 Å². The first-order valence-corrected chi connectivity index (χ1v) is 12.6. The van der Waals surface area contributed by atoms with E-state index >= 15 is 0 Å². The van der Waals surface area contributed by atoms with Crippen LogP contribution in [0, 0.1) is 6.92 Å². The molecule has 3 aromatic rings. The van der Waals surface area contributed by atoms with Gasteiger partial charge in [-0.05, 0) is 80.6 Å². The summed E-state index contributed by atoms with van der Waals surface area (Å²) in [6.45, 7) is 6.69. The van der Waals surface area contributed by atoms with Crippen LogP contribution >= 0.6 is 0 Å². The van der Waals surface area contributed by atoms with Crippen molar-refractivity contribution in [3.63, 3.8) is 0 Å². The molecule has 2 amide bonds. The first-order valence-electron chi connectivity index (χ1n) is 12.6. The number of halogens is 3. The number of carboxylic acids is 1. The van der Waals surface area contributed by atoms with Crippen molar-refractivity contribution in [2.75, 3.05) is 11.9 Å². The van der Waals surface area contributed by atoms with E-state index in [2.05, 4.69) is 40.2 Å². The Kier molecular flexibility index (Phi) is 9.34. The second kappa shape index (κ2) is 12.3. The molecule has 0 aliphatic carbocycles. The highest BCUT2D eigenvalue weighted by molar-refractivity contribution is 6.01. The summed E-state index contributed by atoms with van der Waals surface area (Å²) in [6.07, 6.45) is -2.16. The molecular formula is C29H32F3N3O4. The van der Waals surface area contributed by atoms with Crippen LogP contribution in [0.25, 0.3) is 10.8 Å². The van der Waals surface area contributed by atoms with Crippen LogP contribution in [-0.2, 0) is 9.59 Å². The summed E-state index contributed by atoms with van der Waals surface area (Å²) >= 11 is 0. The van der Waals surface area contributed by atoms with Gasteiger partial charge in [-0.1, -0.05) is 48.5 Å². The van der Waals surface area contributed by atoms with Crippen molar-refractivity contribution >= 4 is 34.2 Å². The maximum atomic E-state index is 13.2. The van der Waals surface area contributed by atoms with E-state index < -0.39 is 17.7 Å². The fraction of sp³-hybridized carbons (Fsp3) is 0.345. The van der Waals surface area contributed by atoms with Crippen molar-refractivity contribution in [3.05, 3.63) is 77.4 Å². The first kappa shape index (κ1) is 29.6. The van der Waals surface area contributed by atoms with Gasteiger partial charge in [-0.3, -0.25) is 9.59 Å². The van der Waals surface area contributed by atoms with Crippen molar-refractivity contribution in [1.29, 1.82) is 0 Å². The number of hydrogen-bond donors (Lipinski definition) is 4. The molecule has 4 rings (SSSR count). The Hall–Kier alpha value is -3.92. The van der Waals surface area contributed by atoms with Gasteiger partial charge in [0.25, 0.3) is 5.91 Å². The Bertz CT molecular complexity index is 1350. The van der Waals surface area contributed by atoms with Crippen LogP contribution in [0.2, 0.25) is 0 Å². The SMILES string of the molecule is Cc1ccc(NC(=O)[C@]2(C)CCCCN2)cc1C(=O)N[C@H](C)c1cccc2ccccc12.O=C(O)C(F)(F)F. The number of carboxylic acid groups (broad SMARTS) is 1. The van der Waals surface area contributed by atoms with Crippen LogP contribution < -0.4 is 16.0 Å². The molecule has 0 spiro atoms. The molecule has 1 saturated heterocycles. The zero-order chi connectivity index (χ0) is 28.8. The molecule has 2 atom stereocenters. The Balaban J connectivity index is 0.000000532. The Labute approximate surface area is 224 Å². The highest BCUT2D eigenvalue weighted by Gasteiger charge is 2.38.